The number of likely N-dealkylation sites (tertiary alicyclic amines) is 1. The number of urea groups is 1. The van der Waals surface area contributed by atoms with Crippen LogP contribution < -0.4 is 10.6 Å². The highest BCUT2D eigenvalue weighted by Crippen LogP contribution is 2.30. The summed E-state index contributed by atoms with van der Waals surface area (Å²) in [6.07, 6.45) is 1.75. The van der Waals surface area contributed by atoms with Gasteiger partial charge in [0.25, 0.3) is 5.91 Å². The number of amides is 3. The minimum absolute atomic E-state index is 0.0455. The van der Waals surface area contributed by atoms with E-state index in [1.54, 1.807) is 17.0 Å². The van der Waals surface area contributed by atoms with Crippen LogP contribution in [0.15, 0.2) is 48.5 Å². The highest BCUT2D eigenvalue weighted by molar-refractivity contribution is 7.13. The molecule has 31 heavy (non-hydrogen) atoms. The van der Waals surface area contributed by atoms with Crippen LogP contribution in [0.1, 0.15) is 39.1 Å². The Morgan fingerprint density at radius 3 is 2.65 bits per heavy atom. The summed E-state index contributed by atoms with van der Waals surface area (Å²) in [5, 5.41) is 15.6. The molecule has 7 nitrogen and oxygen atoms in total. The number of nitrogens with one attached hydrogen (secondary N) is 2. The Balaban J connectivity index is 1.39. The Labute approximate surface area is 189 Å². The van der Waals surface area contributed by atoms with Crippen molar-refractivity contribution in [3.8, 4) is 0 Å². The fraction of sp³-hybridized carbons (Fsp3) is 0.273. The number of benzene rings is 2. The number of rotatable bonds is 4. The second-order valence-corrected chi connectivity index (χ2v) is 8.88. The minimum atomic E-state index is -0.281. The van der Waals surface area contributed by atoms with Crippen molar-refractivity contribution >= 4 is 46.3 Å². The lowest BCUT2D eigenvalue weighted by atomic mass is 9.99. The molecule has 3 amide bonds. The molecule has 0 unspecified atom stereocenters. The molecule has 3 aromatic rings. The Hall–Kier alpha value is -2.97. The van der Waals surface area contributed by atoms with Crippen molar-refractivity contribution < 1.29 is 9.59 Å². The number of carbonyl (C=O) groups excluding carboxylic acids is 2. The van der Waals surface area contributed by atoms with Crippen LogP contribution >= 0.6 is 22.9 Å². The van der Waals surface area contributed by atoms with Gasteiger partial charge in [-0.3, -0.25) is 4.79 Å². The zero-order chi connectivity index (χ0) is 21.8. The van der Waals surface area contributed by atoms with E-state index >= 15 is 0 Å². The summed E-state index contributed by atoms with van der Waals surface area (Å²) in [6, 6.07) is 14.5. The molecule has 0 spiro atoms. The van der Waals surface area contributed by atoms with Crippen molar-refractivity contribution in [2.75, 3.05) is 23.7 Å². The zero-order valence-corrected chi connectivity index (χ0v) is 18.5. The van der Waals surface area contributed by atoms with Crippen molar-refractivity contribution in [2.24, 2.45) is 0 Å². The summed E-state index contributed by atoms with van der Waals surface area (Å²) in [6.45, 7) is 3.17. The van der Waals surface area contributed by atoms with E-state index in [2.05, 4.69) is 20.8 Å². The topological polar surface area (TPSA) is 87.2 Å². The highest BCUT2D eigenvalue weighted by Gasteiger charge is 2.28. The lowest BCUT2D eigenvalue weighted by Crippen LogP contribution is -2.41. The summed E-state index contributed by atoms with van der Waals surface area (Å²) in [4.78, 5) is 27.0. The van der Waals surface area contributed by atoms with Crippen molar-refractivity contribution in [3.05, 3.63) is 69.1 Å². The summed E-state index contributed by atoms with van der Waals surface area (Å²) in [5.41, 5.74) is 2.42. The van der Waals surface area contributed by atoms with Gasteiger partial charge in [-0.25, -0.2) is 4.79 Å². The second-order valence-electron chi connectivity index (χ2n) is 7.46. The van der Waals surface area contributed by atoms with Gasteiger partial charge in [-0.1, -0.05) is 52.8 Å². The number of halogens is 1. The molecule has 9 heteroatoms. The molecule has 1 fully saturated rings. The summed E-state index contributed by atoms with van der Waals surface area (Å²) < 4.78 is 0. The van der Waals surface area contributed by atoms with E-state index in [9.17, 15) is 9.59 Å². The molecule has 160 valence electrons. The Kier molecular flexibility index (Phi) is 6.48. The van der Waals surface area contributed by atoms with Crippen molar-refractivity contribution in [3.63, 3.8) is 0 Å². The molecule has 1 aliphatic heterocycles. The third-order valence-electron chi connectivity index (χ3n) is 5.12. The van der Waals surface area contributed by atoms with E-state index in [0.29, 0.717) is 34.5 Å². The van der Waals surface area contributed by atoms with E-state index in [1.165, 1.54) is 11.3 Å². The Morgan fingerprint density at radius 2 is 1.87 bits per heavy atom. The van der Waals surface area contributed by atoms with Gasteiger partial charge in [-0.05, 0) is 44.0 Å². The number of para-hydroxylation sites is 1. The number of piperidine rings is 1. The monoisotopic (exact) mass is 455 g/mol. The van der Waals surface area contributed by atoms with Gasteiger partial charge in [0.05, 0.1) is 10.7 Å². The van der Waals surface area contributed by atoms with Crippen molar-refractivity contribution in [1.82, 2.24) is 15.1 Å². The van der Waals surface area contributed by atoms with E-state index < -0.39 is 0 Å². The average Bonchev–Trinajstić information content (AvgIpc) is 3.28. The molecule has 2 aromatic carbocycles. The molecular formula is C22H22ClN5O2S. The fourth-order valence-electron chi connectivity index (χ4n) is 3.43. The van der Waals surface area contributed by atoms with Gasteiger partial charge in [0, 0.05) is 24.7 Å². The van der Waals surface area contributed by atoms with Crippen LogP contribution in [0.4, 0.5) is 16.2 Å². The summed E-state index contributed by atoms with van der Waals surface area (Å²) >= 11 is 7.42. The van der Waals surface area contributed by atoms with E-state index in [0.717, 1.165) is 23.4 Å². The maximum Gasteiger partial charge on any atom is 0.321 e. The van der Waals surface area contributed by atoms with Crippen LogP contribution in [0.5, 0.6) is 0 Å². The number of nitrogens with zero attached hydrogens (tertiary/aromatic N) is 3. The number of anilines is 2. The second kappa shape index (κ2) is 9.45. The van der Waals surface area contributed by atoms with Crippen LogP contribution in [0.25, 0.3) is 0 Å². The molecule has 0 radical (unpaired) electrons. The first-order valence-electron chi connectivity index (χ1n) is 10.0. The van der Waals surface area contributed by atoms with Crippen LogP contribution in [0.3, 0.4) is 0 Å². The first-order valence-corrected chi connectivity index (χ1v) is 11.2. The molecule has 1 aromatic heterocycles. The number of hydrogen-bond donors (Lipinski definition) is 2. The average molecular weight is 456 g/mol. The number of aromatic nitrogens is 2. The van der Waals surface area contributed by atoms with Gasteiger partial charge in [0.15, 0.2) is 0 Å². The lowest BCUT2D eigenvalue weighted by molar-refractivity contribution is 0.102. The predicted octanol–water partition coefficient (Wildman–Crippen LogP) is 5.16. The van der Waals surface area contributed by atoms with E-state index in [4.69, 9.17) is 11.6 Å². The molecule has 1 aliphatic rings. The normalized spacial score (nSPS) is 16.1. The van der Waals surface area contributed by atoms with Crippen LogP contribution in [-0.4, -0.2) is 40.1 Å². The molecular weight excluding hydrogens is 434 g/mol. The van der Waals surface area contributed by atoms with Crippen LogP contribution in [-0.2, 0) is 0 Å². The predicted molar refractivity (Wildman–Crippen MR) is 123 cm³/mol. The Morgan fingerprint density at radius 1 is 1.10 bits per heavy atom. The van der Waals surface area contributed by atoms with Gasteiger partial charge in [-0.2, -0.15) is 0 Å². The molecule has 0 bridgehead atoms. The van der Waals surface area contributed by atoms with Crippen LogP contribution in [0, 0.1) is 6.92 Å². The molecule has 1 atom stereocenters. The van der Waals surface area contributed by atoms with Gasteiger partial charge in [0.1, 0.15) is 5.01 Å². The number of carbonyl (C=O) groups is 2. The SMILES string of the molecule is Cc1ccc(NC(=O)c2nnc([C@@H]3CCCN(C(=O)Nc4ccccc4Cl)C3)s2)cc1. The van der Waals surface area contributed by atoms with Crippen LogP contribution in [0.2, 0.25) is 5.02 Å². The number of hydrogen-bond acceptors (Lipinski definition) is 5. The maximum atomic E-state index is 12.7. The fourth-order valence-corrected chi connectivity index (χ4v) is 4.48. The quantitative estimate of drug-likeness (QED) is 0.568. The third-order valence-corrected chi connectivity index (χ3v) is 6.53. The maximum absolute atomic E-state index is 12.7. The smallest absolute Gasteiger partial charge is 0.321 e. The molecule has 0 aliphatic carbocycles. The standard InChI is InChI=1S/C22H22ClN5O2S/c1-14-8-10-16(11-9-14)24-19(29)21-27-26-20(31-21)15-5-4-12-28(13-15)22(30)25-18-7-3-2-6-17(18)23/h2-3,6-11,15H,4-5,12-13H2,1H3,(H,24,29)(H,25,30)/t15-/m1/s1. The van der Waals surface area contributed by atoms with Gasteiger partial charge in [-0.15, -0.1) is 10.2 Å². The van der Waals surface area contributed by atoms with Crippen molar-refractivity contribution in [1.29, 1.82) is 0 Å². The molecule has 2 heterocycles. The van der Waals surface area contributed by atoms with E-state index in [1.807, 2.05) is 43.3 Å². The molecule has 0 saturated carbocycles. The first-order chi connectivity index (χ1) is 15.0. The largest absolute Gasteiger partial charge is 0.324 e. The first kappa shape index (κ1) is 21.3. The molecule has 1 saturated heterocycles. The highest BCUT2D eigenvalue weighted by atomic mass is 35.5. The molecule has 4 rings (SSSR count). The summed E-state index contributed by atoms with van der Waals surface area (Å²) in [5.74, 6) is -0.235. The third kappa shape index (κ3) is 5.21. The van der Waals surface area contributed by atoms with E-state index in [-0.39, 0.29) is 17.9 Å². The lowest BCUT2D eigenvalue weighted by Gasteiger charge is -2.31. The van der Waals surface area contributed by atoms with Gasteiger partial charge in [0.2, 0.25) is 5.01 Å². The zero-order valence-electron chi connectivity index (χ0n) is 17.0. The summed E-state index contributed by atoms with van der Waals surface area (Å²) in [7, 11) is 0. The van der Waals surface area contributed by atoms with Gasteiger partial charge >= 0.3 is 6.03 Å². The number of aryl methyl sites for hydroxylation is 1. The molecule has 2 N–H and O–H groups in total. The minimum Gasteiger partial charge on any atom is -0.324 e. The van der Waals surface area contributed by atoms with Gasteiger partial charge < -0.3 is 15.5 Å². The Bertz CT molecular complexity index is 1090. The van der Waals surface area contributed by atoms with Crippen molar-refractivity contribution in [2.45, 2.75) is 25.7 Å².